The van der Waals surface area contributed by atoms with E-state index in [0.29, 0.717) is 22.9 Å². The van der Waals surface area contributed by atoms with E-state index in [1.165, 1.54) is 12.1 Å². The van der Waals surface area contributed by atoms with Crippen molar-refractivity contribution in [3.63, 3.8) is 0 Å². The summed E-state index contributed by atoms with van der Waals surface area (Å²) in [7, 11) is -4.06. The van der Waals surface area contributed by atoms with Gasteiger partial charge < -0.3 is 4.74 Å². The second-order valence-electron chi connectivity index (χ2n) is 7.10. The molecule has 0 aromatic heterocycles. The molecule has 0 spiro atoms. The maximum absolute atomic E-state index is 13.4. The van der Waals surface area contributed by atoms with Crippen LogP contribution in [0.5, 0.6) is 5.75 Å². The number of amides is 1. The van der Waals surface area contributed by atoms with Crippen LogP contribution < -0.4 is 9.04 Å². The number of aryl methyl sites for hydroxylation is 1. The summed E-state index contributed by atoms with van der Waals surface area (Å²) in [6, 6.07) is 20.2. The molecule has 0 aliphatic heterocycles. The molecular weight excluding hydrogens is 434 g/mol. The second-order valence-corrected chi connectivity index (χ2v) is 9.32. The largest absolute Gasteiger partial charge is 0.494 e. The van der Waals surface area contributed by atoms with Crippen LogP contribution in [-0.2, 0) is 14.8 Å². The van der Waals surface area contributed by atoms with E-state index in [-0.39, 0.29) is 17.9 Å². The van der Waals surface area contributed by atoms with Crippen molar-refractivity contribution >= 4 is 33.2 Å². The van der Waals surface area contributed by atoms with E-state index >= 15 is 0 Å². The highest BCUT2D eigenvalue weighted by Crippen LogP contribution is 2.29. The fourth-order valence-corrected chi connectivity index (χ4v) is 4.75. The molecule has 0 bridgehead atoms. The number of carbonyl (C=O) groups excluding carboxylic acids is 1. The number of ether oxygens (including phenoxy) is 1. The van der Waals surface area contributed by atoms with Crippen molar-refractivity contribution < 1.29 is 17.9 Å². The summed E-state index contributed by atoms with van der Waals surface area (Å²) in [5, 5.41) is 0.609. The highest BCUT2D eigenvalue weighted by atomic mass is 35.5. The smallest absolute Gasteiger partial charge is 0.270 e. The van der Waals surface area contributed by atoms with E-state index in [9.17, 15) is 13.2 Å². The molecule has 0 saturated carbocycles. The van der Waals surface area contributed by atoms with Crippen molar-refractivity contribution in [2.75, 3.05) is 10.9 Å². The highest BCUT2D eigenvalue weighted by molar-refractivity contribution is 7.93. The topological polar surface area (TPSA) is 63.7 Å². The van der Waals surface area contributed by atoms with Gasteiger partial charge in [-0.2, -0.15) is 0 Å². The Labute approximate surface area is 188 Å². The molecule has 0 unspecified atom stereocenters. The summed E-state index contributed by atoms with van der Waals surface area (Å²) in [5.74, 6) is 0.136. The molecule has 0 aliphatic rings. The van der Waals surface area contributed by atoms with E-state index in [1.54, 1.807) is 54.6 Å². The van der Waals surface area contributed by atoms with Gasteiger partial charge in [-0.1, -0.05) is 41.9 Å². The quantitative estimate of drug-likeness (QED) is 0.417. The molecule has 0 heterocycles. The number of carbonyl (C=O) groups is 1. The van der Waals surface area contributed by atoms with Gasteiger partial charge in [0.1, 0.15) is 5.75 Å². The SMILES string of the molecule is Cc1cccc(N(C(=O)CCCOc2ccc(Cl)cc2)S(=O)(=O)c2ccccc2)c1C. The Balaban J connectivity index is 1.81. The first kappa shape index (κ1) is 22.8. The Kier molecular flexibility index (Phi) is 7.36. The Bertz CT molecular complexity index is 1150. The van der Waals surface area contributed by atoms with Gasteiger partial charge >= 0.3 is 0 Å². The number of halogens is 1. The summed E-state index contributed by atoms with van der Waals surface area (Å²) in [4.78, 5) is 13.2. The van der Waals surface area contributed by atoms with E-state index < -0.39 is 15.9 Å². The number of hydrogen-bond donors (Lipinski definition) is 0. The fourth-order valence-electron chi connectivity index (χ4n) is 3.10. The number of anilines is 1. The summed E-state index contributed by atoms with van der Waals surface area (Å²) in [6.07, 6.45) is 0.389. The number of benzene rings is 3. The molecule has 1 amide bonds. The summed E-state index contributed by atoms with van der Waals surface area (Å²) in [5.41, 5.74) is 2.02. The molecule has 0 radical (unpaired) electrons. The first-order valence-corrected chi connectivity index (χ1v) is 11.7. The molecule has 7 heteroatoms. The van der Waals surface area contributed by atoms with Crippen molar-refractivity contribution in [3.8, 4) is 5.75 Å². The minimum atomic E-state index is -4.06. The predicted octanol–water partition coefficient (Wildman–Crippen LogP) is 5.54. The number of nitrogens with zero attached hydrogens (tertiary/aromatic N) is 1. The summed E-state index contributed by atoms with van der Waals surface area (Å²) >= 11 is 5.86. The third-order valence-electron chi connectivity index (χ3n) is 4.92. The van der Waals surface area contributed by atoms with Crippen molar-refractivity contribution in [2.45, 2.75) is 31.6 Å². The third kappa shape index (κ3) is 5.46. The van der Waals surface area contributed by atoms with Crippen LogP contribution in [0.2, 0.25) is 5.02 Å². The average Bonchev–Trinajstić information content (AvgIpc) is 2.76. The Morgan fingerprint density at radius 3 is 2.29 bits per heavy atom. The fraction of sp³-hybridized carbons (Fsp3) is 0.208. The Morgan fingerprint density at radius 1 is 0.935 bits per heavy atom. The van der Waals surface area contributed by atoms with Gasteiger partial charge in [-0.25, -0.2) is 12.7 Å². The van der Waals surface area contributed by atoms with E-state index in [2.05, 4.69) is 0 Å². The van der Waals surface area contributed by atoms with Crippen LogP contribution in [0.25, 0.3) is 0 Å². The summed E-state index contributed by atoms with van der Waals surface area (Å²) in [6.45, 7) is 3.98. The number of hydrogen-bond acceptors (Lipinski definition) is 4. The molecule has 0 aliphatic carbocycles. The standard InChI is InChI=1S/C24H24ClNO4S/c1-18-8-6-11-23(19(18)2)26(31(28,29)22-9-4-3-5-10-22)24(27)12-7-17-30-21-15-13-20(25)14-16-21/h3-6,8-11,13-16H,7,12,17H2,1-2H3. The van der Waals surface area contributed by atoms with Crippen LogP contribution in [0.3, 0.4) is 0 Å². The van der Waals surface area contributed by atoms with Crippen molar-refractivity contribution in [1.82, 2.24) is 0 Å². The van der Waals surface area contributed by atoms with Crippen LogP contribution in [0, 0.1) is 13.8 Å². The molecule has 0 fully saturated rings. The lowest BCUT2D eigenvalue weighted by Crippen LogP contribution is -2.37. The van der Waals surface area contributed by atoms with Crippen LogP contribution in [0.15, 0.2) is 77.7 Å². The maximum Gasteiger partial charge on any atom is 0.270 e. The molecule has 0 saturated heterocycles. The lowest BCUT2D eigenvalue weighted by atomic mass is 10.1. The molecule has 5 nitrogen and oxygen atoms in total. The molecule has 3 aromatic carbocycles. The van der Waals surface area contributed by atoms with Crippen LogP contribution in [0.1, 0.15) is 24.0 Å². The average molecular weight is 458 g/mol. The molecule has 0 atom stereocenters. The maximum atomic E-state index is 13.4. The second kappa shape index (κ2) is 9.98. The van der Waals surface area contributed by atoms with Crippen LogP contribution >= 0.6 is 11.6 Å². The van der Waals surface area contributed by atoms with Crippen molar-refractivity contribution in [2.24, 2.45) is 0 Å². The zero-order chi connectivity index (χ0) is 22.4. The first-order chi connectivity index (χ1) is 14.8. The van der Waals surface area contributed by atoms with Crippen molar-refractivity contribution in [1.29, 1.82) is 0 Å². The molecule has 0 N–H and O–H groups in total. The minimum Gasteiger partial charge on any atom is -0.494 e. The molecule has 3 rings (SSSR count). The van der Waals surface area contributed by atoms with Crippen molar-refractivity contribution in [3.05, 3.63) is 88.9 Å². The van der Waals surface area contributed by atoms with E-state index in [0.717, 1.165) is 15.4 Å². The molecule has 31 heavy (non-hydrogen) atoms. The van der Waals surface area contributed by atoms with Gasteiger partial charge in [0.15, 0.2) is 0 Å². The normalized spacial score (nSPS) is 11.2. The monoisotopic (exact) mass is 457 g/mol. The zero-order valence-corrected chi connectivity index (χ0v) is 19.0. The highest BCUT2D eigenvalue weighted by Gasteiger charge is 2.31. The van der Waals surface area contributed by atoms with Gasteiger partial charge in [0.2, 0.25) is 5.91 Å². The van der Waals surface area contributed by atoms with Gasteiger partial charge in [-0.05, 0) is 73.9 Å². The lowest BCUT2D eigenvalue weighted by Gasteiger charge is -2.25. The molecular formula is C24H24ClNO4S. The lowest BCUT2D eigenvalue weighted by molar-refractivity contribution is -0.117. The van der Waals surface area contributed by atoms with Gasteiger partial charge in [0.25, 0.3) is 10.0 Å². The number of sulfonamides is 1. The number of rotatable bonds is 8. The minimum absolute atomic E-state index is 0.0209. The first-order valence-electron chi connectivity index (χ1n) is 9.88. The van der Waals surface area contributed by atoms with Gasteiger partial charge in [-0.3, -0.25) is 4.79 Å². The van der Waals surface area contributed by atoms with E-state index in [4.69, 9.17) is 16.3 Å². The van der Waals surface area contributed by atoms with Crippen LogP contribution in [-0.4, -0.2) is 20.9 Å². The van der Waals surface area contributed by atoms with E-state index in [1.807, 2.05) is 19.9 Å². The summed E-state index contributed by atoms with van der Waals surface area (Å²) < 4.78 is 33.3. The predicted molar refractivity (Wildman–Crippen MR) is 123 cm³/mol. The van der Waals surface area contributed by atoms with Gasteiger partial charge in [0, 0.05) is 11.4 Å². The zero-order valence-electron chi connectivity index (χ0n) is 17.4. The Hall–Kier alpha value is -2.83. The van der Waals surface area contributed by atoms with Gasteiger partial charge in [-0.15, -0.1) is 0 Å². The molecule has 162 valence electrons. The van der Waals surface area contributed by atoms with Gasteiger partial charge in [0.05, 0.1) is 17.2 Å². The third-order valence-corrected chi connectivity index (χ3v) is 6.92. The Morgan fingerprint density at radius 2 is 1.61 bits per heavy atom. The molecule has 3 aromatic rings. The van der Waals surface area contributed by atoms with Crippen LogP contribution in [0.4, 0.5) is 5.69 Å².